The van der Waals surface area contributed by atoms with Crippen molar-refractivity contribution in [3.8, 4) is 6.19 Å². The Morgan fingerprint density at radius 1 is 1.24 bits per heavy atom. The van der Waals surface area contributed by atoms with Crippen molar-refractivity contribution < 1.29 is 19.8 Å². The van der Waals surface area contributed by atoms with Crippen LogP contribution in [0.5, 0.6) is 0 Å². The summed E-state index contributed by atoms with van der Waals surface area (Å²) < 4.78 is 0. The number of anilines is 1. The number of aliphatic imine (C=N–C) groups is 2. The lowest BCUT2D eigenvalue weighted by Crippen LogP contribution is -2.35. The lowest BCUT2D eigenvalue weighted by Gasteiger charge is -2.31. The van der Waals surface area contributed by atoms with Gasteiger partial charge in [0.25, 0.3) is 0 Å². The van der Waals surface area contributed by atoms with Gasteiger partial charge in [-0.15, -0.1) is 0 Å². The van der Waals surface area contributed by atoms with E-state index in [1.54, 1.807) is 38.1 Å². The first-order chi connectivity index (χ1) is 17.7. The maximum Gasteiger partial charge on any atom is 0.334 e. The minimum absolute atomic E-state index is 0.0397. The van der Waals surface area contributed by atoms with Gasteiger partial charge in [-0.2, -0.15) is 5.26 Å². The minimum Gasteiger partial charge on any atom is -0.481 e. The van der Waals surface area contributed by atoms with Gasteiger partial charge in [-0.25, -0.2) is 4.79 Å². The largest absolute Gasteiger partial charge is 0.481 e. The van der Waals surface area contributed by atoms with Crippen molar-refractivity contribution in [2.45, 2.75) is 52.4 Å². The molecule has 3 rings (SSSR count). The molecule has 1 fully saturated rings. The van der Waals surface area contributed by atoms with E-state index in [4.69, 9.17) is 0 Å². The van der Waals surface area contributed by atoms with Crippen LogP contribution < -0.4 is 10.6 Å². The Kier molecular flexibility index (Phi) is 9.80. The van der Waals surface area contributed by atoms with Gasteiger partial charge >= 0.3 is 11.9 Å². The number of benzene rings is 1. The van der Waals surface area contributed by atoms with Gasteiger partial charge in [-0.05, 0) is 76.4 Å². The molecule has 0 spiro atoms. The van der Waals surface area contributed by atoms with Gasteiger partial charge in [0.2, 0.25) is 5.96 Å². The number of carbonyl (C=O) groups is 2. The van der Waals surface area contributed by atoms with Crippen molar-refractivity contribution in [1.29, 1.82) is 5.26 Å². The lowest BCUT2D eigenvalue weighted by atomic mass is 9.75. The molecule has 1 aromatic rings. The average molecular weight is 509 g/mol. The van der Waals surface area contributed by atoms with Crippen molar-refractivity contribution in [3.63, 3.8) is 0 Å². The highest BCUT2D eigenvalue weighted by Gasteiger charge is 2.41. The quantitative estimate of drug-likeness (QED) is 0.130. The fourth-order valence-corrected chi connectivity index (χ4v) is 5.21. The number of allylic oxidation sites excluding steroid dienone is 1. The Bertz CT molecular complexity index is 1130. The highest BCUT2D eigenvalue weighted by atomic mass is 16.4. The number of piperidine rings is 1. The molecule has 0 aromatic heterocycles. The van der Waals surface area contributed by atoms with E-state index in [2.05, 4.69) is 32.4 Å². The van der Waals surface area contributed by atoms with E-state index in [0.717, 1.165) is 32.0 Å². The van der Waals surface area contributed by atoms with Gasteiger partial charge in [0.15, 0.2) is 6.19 Å². The molecule has 2 heterocycles. The Morgan fingerprint density at radius 3 is 2.59 bits per heavy atom. The first-order valence-corrected chi connectivity index (χ1v) is 12.8. The number of carboxylic acids is 2. The number of aliphatic carboxylic acids is 2. The van der Waals surface area contributed by atoms with Crippen molar-refractivity contribution in [3.05, 3.63) is 41.1 Å². The summed E-state index contributed by atoms with van der Waals surface area (Å²) in [7, 11) is 0. The predicted molar refractivity (Wildman–Crippen MR) is 142 cm³/mol. The number of likely N-dealkylation sites (tertiary alicyclic amines) is 1. The summed E-state index contributed by atoms with van der Waals surface area (Å²) in [6.07, 6.45) is 6.48. The van der Waals surface area contributed by atoms with Gasteiger partial charge in [0, 0.05) is 29.6 Å². The summed E-state index contributed by atoms with van der Waals surface area (Å²) in [4.78, 5) is 35.3. The van der Waals surface area contributed by atoms with Crippen LogP contribution in [0.4, 0.5) is 5.69 Å². The summed E-state index contributed by atoms with van der Waals surface area (Å²) in [5, 5.41) is 34.6. The second kappa shape index (κ2) is 13.0. The Labute approximate surface area is 217 Å². The van der Waals surface area contributed by atoms with E-state index >= 15 is 0 Å². The van der Waals surface area contributed by atoms with Crippen molar-refractivity contribution in [2.24, 2.45) is 21.8 Å². The summed E-state index contributed by atoms with van der Waals surface area (Å²) >= 11 is 0. The molecule has 37 heavy (non-hydrogen) atoms. The van der Waals surface area contributed by atoms with Crippen LogP contribution in [-0.2, 0) is 9.59 Å². The molecule has 1 saturated heterocycles. The molecule has 0 amide bonds. The molecule has 10 nitrogen and oxygen atoms in total. The molecule has 2 atom stereocenters. The highest BCUT2D eigenvalue weighted by molar-refractivity contribution is 6.06. The van der Waals surface area contributed by atoms with Crippen LogP contribution in [0, 0.1) is 23.3 Å². The normalized spacial score (nSPS) is 21.2. The number of hydrogen-bond acceptors (Lipinski definition) is 6. The fourth-order valence-electron chi connectivity index (χ4n) is 5.21. The molecule has 2 aliphatic rings. The van der Waals surface area contributed by atoms with E-state index in [-0.39, 0.29) is 17.2 Å². The molecule has 198 valence electrons. The highest BCUT2D eigenvalue weighted by Crippen LogP contribution is 2.39. The van der Waals surface area contributed by atoms with Gasteiger partial charge in [0.1, 0.15) is 5.92 Å². The number of nitrogens with one attached hydrogen (secondary N) is 2. The fraction of sp³-hybridized carbons (Fsp3) is 0.519. The summed E-state index contributed by atoms with van der Waals surface area (Å²) in [6.45, 7) is 9.15. The number of nitriles is 1. The number of rotatable bonds is 9. The third-order valence-electron chi connectivity index (χ3n) is 7.19. The van der Waals surface area contributed by atoms with Crippen LogP contribution in [0.25, 0.3) is 0 Å². The smallest absolute Gasteiger partial charge is 0.334 e. The second-order valence-corrected chi connectivity index (χ2v) is 9.62. The summed E-state index contributed by atoms with van der Waals surface area (Å²) in [5.41, 5.74) is 1.69. The lowest BCUT2D eigenvalue weighted by molar-refractivity contribution is -0.140. The van der Waals surface area contributed by atoms with Gasteiger partial charge < -0.3 is 20.4 Å². The first kappa shape index (κ1) is 27.9. The van der Waals surface area contributed by atoms with E-state index < -0.39 is 23.8 Å². The zero-order valence-electron chi connectivity index (χ0n) is 21.7. The van der Waals surface area contributed by atoms with E-state index in [1.807, 2.05) is 6.19 Å². The number of hydrogen-bond donors (Lipinski definition) is 4. The van der Waals surface area contributed by atoms with Crippen LogP contribution in [0.3, 0.4) is 0 Å². The van der Waals surface area contributed by atoms with Crippen LogP contribution in [0.15, 0.2) is 45.5 Å². The maximum atomic E-state index is 12.1. The SMILES string of the molecule is CCC1CCN(CCCN=C(NC#N)Nc2cccc(C3C(C(=O)O)=C(C)N=C(C)C3C(=O)O)c2)CC1. The zero-order chi connectivity index (χ0) is 26.9. The van der Waals surface area contributed by atoms with E-state index in [0.29, 0.717) is 23.5 Å². The zero-order valence-corrected chi connectivity index (χ0v) is 21.7. The van der Waals surface area contributed by atoms with Crippen LogP contribution in [0.2, 0.25) is 0 Å². The third-order valence-corrected chi connectivity index (χ3v) is 7.19. The van der Waals surface area contributed by atoms with Crippen LogP contribution >= 0.6 is 0 Å². The second-order valence-electron chi connectivity index (χ2n) is 9.62. The topological polar surface area (TPSA) is 150 Å². The number of nitrogens with zero attached hydrogens (tertiary/aromatic N) is 4. The van der Waals surface area contributed by atoms with Crippen molar-refractivity contribution in [2.75, 3.05) is 31.5 Å². The molecule has 0 bridgehead atoms. The standard InChI is InChI=1S/C27H36N6O4/c1-4-19-9-13-33(14-10-19)12-6-11-29-27(30-16-28)32-21-8-5-7-20(15-21)24-22(25(34)35)17(2)31-18(3)23(24)26(36)37/h5,7-8,15,19,22,24H,4,6,9-14H2,1-3H3,(H,34,35)(H,36,37)(H2,29,30,32). The monoisotopic (exact) mass is 508 g/mol. The minimum atomic E-state index is -1.20. The van der Waals surface area contributed by atoms with Crippen LogP contribution in [-0.4, -0.2) is 64.9 Å². The molecule has 2 aliphatic heterocycles. The van der Waals surface area contributed by atoms with Gasteiger partial charge in [-0.3, -0.25) is 20.1 Å². The Balaban J connectivity index is 1.73. The van der Waals surface area contributed by atoms with Gasteiger partial charge in [-0.1, -0.05) is 25.5 Å². The van der Waals surface area contributed by atoms with E-state index in [9.17, 15) is 25.1 Å². The van der Waals surface area contributed by atoms with E-state index in [1.165, 1.54) is 19.3 Å². The summed E-state index contributed by atoms with van der Waals surface area (Å²) in [6, 6.07) is 6.88. The molecule has 1 aromatic carbocycles. The molecule has 0 radical (unpaired) electrons. The van der Waals surface area contributed by atoms with Crippen LogP contribution in [0.1, 0.15) is 57.9 Å². The molecule has 2 unspecified atom stereocenters. The number of guanidine groups is 1. The molecular weight excluding hydrogens is 472 g/mol. The van der Waals surface area contributed by atoms with Crippen molar-refractivity contribution >= 4 is 29.3 Å². The third kappa shape index (κ3) is 7.17. The van der Waals surface area contributed by atoms with Gasteiger partial charge in [0.05, 0.1) is 5.57 Å². The van der Waals surface area contributed by atoms with Crippen molar-refractivity contribution in [1.82, 2.24) is 10.2 Å². The molecular formula is C27H36N6O4. The summed E-state index contributed by atoms with van der Waals surface area (Å²) in [5.74, 6) is -3.22. The Hall–Kier alpha value is -3.71. The average Bonchev–Trinajstić information content (AvgIpc) is 2.86. The maximum absolute atomic E-state index is 12.1. The molecule has 4 N–H and O–H groups in total. The number of carboxylic acid groups (broad SMARTS) is 2. The molecule has 0 saturated carbocycles. The Morgan fingerprint density at radius 2 is 1.97 bits per heavy atom. The first-order valence-electron chi connectivity index (χ1n) is 12.8. The molecule has 10 heteroatoms. The molecule has 0 aliphatic carbocycles. The predicted octanol–water partition coefficient (Wildman–Crippen LogP) is 3.65.